The van der Waals surface area contributed by atoms with E-state index in [4.69, 9.17) is 0 Å². The summed E-state index contributed by atoms with van der Waals surface area (Å²) in [7, 11) is 0. The van der Waals surface area contributed by atoms with E-state index in [0.29, 0.717) is 11.8 Å². The van der Waals surface area contributed by atoms with Gasteiger partial charge >= 0.3 is 0 Å². The van der Waals surface area contributed by atoms with Crippen LogP contribution in [0.4, 0.5) is 0 Å². The number of fused-ring (bicyclic) bond motifs is 2. The summed E-state index contributed by atoms with van der Waals surface area (Å²) >= 11 is 0. The molecule has 1 fully saturated rings. The molecule has 1 saturated carbocycles. The molecule has 1 nitrogen and oxygen atoms in total. The average Bonchev–Trinajstić information content (AvgIpc) is 2.13. The van der Waals surface area contributed by atoms with Gasteiger partial charge in [-0.15, -0.1) is 6.58 Å². The Bertz CT molecular complexity index is 322. The quantitative estimate of drug-likeness (QED) is 0.441. The smallest absolute Gasteiger partial charge is 0.166 e. The molecule has 1 heteroatoms. The molecule has 2 bridgehead atoms. The topological polar surface area (TPSA) is 17.1 Å². The summed E-state index contributed by atoms with van der Waals surface area (Å²) < 4.78 is 0. The minimum absolute atomic E-state index is 0.0370. The molecule has 0 saturated heterocycles. The molecular weight excluding hydrogens is 160 g/mol. The predicted molar refractivity (Wildman–Crippen MR) is 53.2 cm³/mol. The fraction of sp³-hybridized carbons (Fsp3) is 0.417. The lowest BCUT2D eigenvalue weighted by Crippen LogP contribution is -2.37. The predicted octanol–water partition coefficient (Wildman–Crippen LogP) is 2.51. The van der Waals surface area contributed by atoms with Crippen LogP contribution >= 0.6 is 0 Å². The maximum atomic E-state index is 11.7. The summed E-state index contributed by atoms with van der Waals surface area (Å²) in [5.74, 6) is 0.897. The van der Waals surface area contributed by atoms with Crippen LogP contribution in [0.5, 0.6) is 0 Å². The minimum Gasteiger partial charge on any atom is -0.294 e. The van der Waals surface area contributed by atoms with Crippen LogP contribution < -0.4 is 0 Å². The van der Waals surface area contributed by atoms with Gasteiger partial charge in [-0.1, -0.05) is 24.3 Å². The monoisotopic (exact) mass is 174 g/mol. The van der Waals surface area contributed by atoms with Crippen molar-refractivity contribution in [1.82, 2.24) is 0 Å². The maximum Gasteiger partial charge on any atom is 0.166 e. The molecule has 13 heavy (non-hydrogen) atoms. The van der Waals surface area contributed by atoms with E-state index in [-0.39, 0.29) is 11.7 Å². The Hall–Kier alpha value is -1.11. The van der Waals surface area contributed by atoms with Crippen molar-refractivity contribution in [2.45, 2.75) is 13.3 Å². The molecule has 0 aromatic carbocycles. The first kappa shape index (κ1) is 8.49. The second-order valence-electron chi connectivity index (χ2n) is 4.01. The van der Waals surface area contributed by atoms with Crippen molar-refractivity contribution in [3.8, 4) is 0 Å². The summed E-state index contributed by atoms with van der Waals surface area (Å²) in [6, 6.07) is 0. The van der Waals surface area contributed by atoms with Gasteiger partial charge in [0.2, 0.25) is 0 Å². The summed E-state index contributed by atoms with van der Waals surface area (Å²) in [4.78, 5) is 11.7. The fourth-order valence-electron chi connectivity index (χ4n) is 2.44. The van der Waals surface area contributed by atoms with Crippen LogP contribution in [-0.4, -0.2) is 5.78 Å². The van der Waals surface area contributed by atoms with Crippen LogP contribution in [0.25, 0.3) is 0 Å². The first-order valence-corrected chi connectivity index (χ1v) is 4.69. The van der Waals surface area contributed by atoms with E-state index < -0.39 is 0 Å². The van der Waals surface area contributed by atoms with E-state index in [0.717, 1.165) is 12.0 Å². The molecule has 3 unspecified atom stereocenters. The molecule has 3 aliphatic rings. The van der Waals surface area contributed by atoms with Gasteiger partial charge in [0, 0.05) is 11.8 Å². The van der Waals surface area contributed by atoms with E-state index in [1.165, 1.54) is 5.57 Å². The van der Waals surface area contributed by atoms with Crippen molar-refractivity contribution < 1.29 is 4.79 Å². The van der Waals surface area contributed by atoms with Crippen LogP contribution in [0.2, 0.25) is 0 Å². The number of rotatable bonds is 1. The number of ketones is 1. The molecule has 0 heterocycles. The first-order chi connectivity index (χ1) is 6.15. The van der Waals surface area contributed by atoms with E-state index in [1.807, 2.05) is 6.08 Å². The van der Waals surface area contributed by atoms with Gasteiger partial charge in [-0.25, -0.2) is 0 Å². The number of allylic oxidation sites excluding steroid dienone is 4. The van der Waals surface area contributed by atoms with Crippen molar-refractivity contribution in [2.24, 2.45) is 17.8 Å². The lowest BCUT2D eigenvalue weighted by molar-refractivity contribution is -0.121. The molecule has 0 spiro atoms. The Kier molecular flexibility index (Phi) is 1.76. The number of hydrogen-bond acceptors (Lipinski definition) is 1. The molecule has 0 amide bonds. The minimum atomic E-state index is 0.0370. The van der Waals surface area contributed by atoms with Crippen LogP contribution in [0.3, 0.4) is 0 Å². The molecule has 0 N–H and O–H groups in total. The molecule has 3 rings (SSSR count). The lowest BCUT2D eigenvalue weighted by atomic mass is 9.63. The van der Waals surface area contributed by atoms with Gasteiger partial charge in [0.05, 0.1) is 0 Å². The normalized spacial score (nSPS) is 37.6. The van der Waals surface area contributed by atoms with Crippen molar-refractivity contribution in [1.29, 1.82) is 0 Å². The summed E-state index contributed by atoms with van der Waals surface area (Å²) in [6.07, 6.45) is 5.03. The SMILES string of the molecule is C=CC1CC2C(=C)C(=O)C1C=C2C. The average molecular weight is 174 g/mol. The third-order valence-corrected chi connectivity index (χ3v) is 3.30. The first-order valence-electron chi connectivity index (χ1n) is 4.69. The highest BCUT2D eigenvalue weighted by atomic mass is 16.1. The van der Waals surface area contributed by atoms with Gasteiger partial charge in [0.1, 0.15) is 0 Å². The Balaban J connectivity index is 2.44. The molecule has 3 aliphatic carbocycles. The van der Waals surface area contributed by atoms with Crippen molar-refractivity contribution in [3.05, 3.63) is 36.5 Å². The highest BCUT2D eigenvalue weighted by Gasteiger charge is 2.41. The second-order valence-corrected chi connectivity index (χ2v) is 4.01. The van der Waals surface area contributed by atoms with Gasteiger partial charge in [-0.3, -0.25) is 4.79 Å². The number of carbonyl (C=O) groups is 1. The molecule has 0 radical (unpaired) electrons. The summed E-state index contributed by atoms with van der Waals surface area (Å²) in [5, 5.41) is 0. The largest absolute Gasteiger partial charge is 0.294 e. The maximum absolute atomic E-state index is 11.7. The molecule has 68 valence electrons. The van der Waals surface area contributed by atoms with Gasteiger partial charge in [0.15, 0.2) is 5.78 Å². The number of Topliss-reactive ketones (excluding diaryl/α,β-unsaturated/α-hetero) is 1. The third kappa shape index (κ3) is 1.03. The zero-order valence-corrected chi connectivity index (χ0v) is 7.92. The van der Waals surface area contributed by atoms with Crippen LogP contribution in [0.1, 0.15) is 13.3 Å². The summed E-state index contributed by atoms with van der Waals surface area (Å²) in [5.41, 5.74) is 2.12. The second kappa shape index (κ2) is 2.69. The Morgan fingerprint density at radius 3 is 2.92 bits per heavy atom. The molecule has 3 atom stereocenters. The van der Waals surface area contributed by atoms with Crippen molar-refractivity contribution in [3.63, 3.8) is 0 Å². The highest BCUT2D eigenvalue weighted by Crippen LogP contribution is 2.44. The number of carbonyl (C=O) groups excluding carboxylic acids is 1. The van der Waals surface area contributed by atoms with Crippen molar-refractivity contribution >= 4 is 5.78 Å². The lowest BCUT2D eigenvalue weighted by Gasteiger charge is -2.39. The number of hydrogen-bond donors (Lipinski definition) is 0. The van der Waals surface area contributed by atoms with E-state index in [1.54, 1.807) is 0 Å². The molecule has 0 aliphatic heterocycles. The standard InChI is InChI=1S/C12H14O/c1-4-9-6-10-7(2)5-11(9)12(13)8(10)3/h4-5,9-11H,1,3,6H2,2H3. The molecule has 0 aromatic rings. The van der Waals surface area contributed by atoms with Gasteiger partial charge in [-0.2, -0.15) is 0 Å². The fourth-order valence-corrected chi connectivity index (χ4v) is 2.44. The van der Waals surface area contributed by atoms with E-state index in [9.17, 15) is 4.79 Å². The van der Waals surface area contributed by atoms with Gasteiger partial charge < -0.3 is 0 Å². The van der Waals surface area contributed by atoms with E-state index >= 15 is 0 Å². The third-order valence-electron chi connectivity index (χ3n) is 3.30. The Morgan fingerprint density at radius 2 is 2.31 bits per heavy atom. The van der Waals surface area contributed by atoms with E-state index in [2.05, 4.69) is 26.2 Å². The zero-order valence-electron chi connectivity index (χ0n) is 7.92. The van der Waals surface area contributed by atoms with Gasteiger partial charge in [-0.05, 0) is 24.8 Å². The highest BCUT2D eigenvalue weighted by molar-refractivity contribution is 6.01. The van der Waals surface area contributed by atoms with Crippen LogP contribution in [0, 0.1) is 17.8 Å². The Morgan fingerprint density at radius 1 is 1.62 bits per heavy atom. The van der Waals surface area contributed by atoms with Gasteiger partial charge in [0.25, 0.3) is 0 Å². The molecular formula is C12H14O. The zero-order chi connectivity index (χ0) is 9.59. The Labute approximate surface area is 78.8 Å². The molecule has 0 aromatic heterocycles. The van der Waals surface area contributed by atoms with Crippen LogP contribution in [0.15, 0.2) is 36.5 Å². The summed E-state index contributed by atoms with van der Waals surface area (Å²) in [6.45, 7) is 9.74. The van der Waals surface area contributed by atoms with Crippen LogP contribution in [-0.2, 0) is 4.79 Å². The van der Waals surface area contributed by atoms with Crippen molar-refractivity contribution in [2.75, 3.05) is 0 Å².